The lowest BCUT2D eigenvalue weighted by Gasteiger charge is -2.34. The molecule has 144 valence electrons. The number of amides is 1. The number of aromatic nitrogens is 4. The summed E-state index contributed by atoms with van der Waals surface area (Å²) in [5.41, 5.74) is 2.84. The summed E-state index contributed by atoms with van der Waals surface area (Å²) in [7, 11) is 0. The Hall–Kier alpha value is -3.00. The number of hydrogen-bond acceptors (Lipinski definition) is 6. The maximum Gasteiger partial charge on any atom is 0.246 e. The van der Waals surface area contributed by atoms with Crippen LogP contribution >= 0.6 is 0 Å². The summed E-state index contributed by atoms with van der Waals surface area (Å²) in [6.45, 7) is 2.15. The van der Waals surface area contributed by atoms with Gasteiger partial charge in [-0.2, -0.15) is 4.98 Å². The van der Waals surface area contributed by atoms with Gasteiger partial charge in [-0.05, 0) is 12.8 Å². The number of fused-ring (bicyclic) bond motifs is 1. The first-order valence-corrected chi connectivity index (χ1v) is 9.73. The lowest BCUT2D eigenvalue weighted by atomic mass is 9.95. The van der Waals surface area contributed by atoms with Crippen molar-refractivity contribution in [2.75, 3.05) is 19.6 Å². The van der Waals surface area contributed by atoms with E-state index in [4.69, 9.17) is 4.52 Å². The van der Waals surface area contributed by atoms with Crippen molar-refractivity contribution >= 4 is 5.91 Å². The third kappa shape index (κ3) is 3.09. The molecule has 2 N–H and O–H groups in total. The lowest BCUT2D eigenvalue weighted by Crippen LogP contribution is -2.46. The number of piperidine rings is 1. The third-order valence-electron chi connectivity index (χ3n) is 5.63. The highest BCUT2D eigenvalue weighted by Gasteiger charge is 2.34. The van der Waals surface area contributed by atoms with Gasteiger partial charge in [-0.1, -0.05) is 35.5 Å². The SMILES string of the molecule is O=C([C@@H]1NCCc2[nH]cnc21)N1CCC(c2nc(-c3ccccc3)no2)CC1. The molecule has 0 bridgehead atoms. The van der Waals surface area contributed by atoms with Gasteiger partial charge in [0.05, 0.1) is 12.0 Å². The number of aromatic amines is 1. The second kappa shape index (κ2) is 7.20. The van der Waals surface area contributed by atoms with Crippen LogP contribution in [0.15, 0.2) is 41.2 Å². The van der Waals surface area contributed by atoms with Crippen molar-refractivity contribution in [1.29, 1.82) is 0 Å². The summed E-state index contributed by atoms with van der Waals surface area (Å²) in [5, 5.41) is 7.43. The molecule has 8 heteroatoms. The quantitative estimate of drug-likeness (QED) is 0.724. The fourth-order valence-electron chi connectivity index (χ4n) is 4.06. The Labute approximate surface area is 162 Å². The van der Waals surface area contributed by atoms with Crippen LogP contribution in [0.4, 0.5) is 0 Å². The number of likely N-dealkylation sites (tertiary alicyclic amines) is 1. The summed E-state index contributed by atoms with van der Waals surface area (Å²) in [6, 6.07) is 9.47. The Balaban J connectivity index is 1.24. The number of imidazole rings is 1. The number of carbonyl (C=O) groups excluding carboxylic acids is 1. The van der Waals surface area contributed by atoms with E-state index in [2.05, 4.69) is 25.4 Å². The molecule has 1 atom stereocenters. The lowest BCUT2D eigenvalue weighted by molar-refractivity contribution is -0.135. The van der Waals surface area contributed by atoms with Gasteiger partial charge in [0.25, 0.3) is 0 Å². The van der Waals surface area contributed by atoms with Crippen molar-refractivity contribution in [3.63, 3.8) is 0 Å². The minimum atomic E-state index is -0.348. The molecule has 3 aromatic rings. The number of benzene rings is 1. The fourth-order valence-corrected chi connectivity index (χ4v) is 4.06. The van der Waals surface area contributed by atoms with Gasteiger partial charge in [-0.25, -0.2) is 4.98 Å². The number of carbonyl (C=O) groups is 1. The number of rotatable bonds is 3. The zero-order chi connectivity index (χ0) is 18.9. The summed E-state index contributed by atoms with van der Waals surface area (Å²) >= 11 is 0. The van der Waals surface area contributed by atoms with Gasteiger partial charge in [0.2, 0.25) is 17.6 Å². The normalized spacial score (nSPS) is 20.1. The van der Waals surface area contributed by atoms with Gasteiger partial charge in [-0.15, -0.1) is 0 Å². The van der Waals surface area contributed by atoms with Crippen molar-refractivity contribution in [1.82, 2.24) is 30.3 Å². The maximum atomic E-state index is 13.0. The van der Waals surface area contributed by atoms with Gasteiger partial charge in [0.15, 0.2) is 0 Å². The van der Waals surface area contributed by atoms with E-state index in [-0.39, 0.29) is 17.9 Å². The van der Waals surface area contributed by atoms with E-state index < -0.39 is 0 Å². The van der Waals surface area contributed by atoms with Crippen LogP contribution in [0.2, 0.25) is 0 Å². The van der Waals surface area contributed by atoms with Gasteiger partial charge in [0, 0.05) is 43.2 Å². The van der Waals surface area contributed by atoms with Crippen molar-refractivity contribution in [2.45, 2.75) is 31.2 Å². The molecule has 8 nitrogen and oxygen atoms in total. The van der Waals surface area contributed by atoms with Crippen molar-refractivity contribution < 1.29 is 9.32 Å². The molecule has 0 unspecified atom stereocenters. The van der Waals surface area contributed by atoms with E-state index in [9.17, 15) is 4.79 Å². The second-order valence-electron chi connectivity index (χ2n) is 7.33. The molecule has 2 aliphatic rings. The first-order chi connectivity index (χ1) is 13.8. The molecule has 0 spiro atoms. The molecule has 4 heterocycles. The van der Waals surface area contributed by atoms with Crippen LogP contribution in [-0.2, 0) is 11.2 Å². The first-order valence-electron chi connectivity index (χ1n) is 9.73. The fraction of sp³-hybridized carbons (Fsp3) is 0.400. The van der Waals surface area contributed by atoms with Crippen LogP contribution in [0.3, 0.4) is 0 Å². The zero-order valence-corrected chi connectivity index (χ0v) is 15.5. The zero-order valence-electron chi connectivity index (χ0n) is 15.5. The van der Waals surface area contributed by atoms with Crippen LogP contribution in [0.1, 0.15) is 42.1 Å². The minimum Gasteiger partial charge on any atom is -0.348 e. The predicted molar refractivity (Wildman–Crippen MR) is 101 cm³/mol. The van der Waals surface area contributed by atoms with Crippen LogP contribution in [0.5, 0.6) is 0 Å². The maximum absolute atomic E-state index is 13.0. The van der Waals surface area contributed by atoms with E-state index >= 15 is 0 Å². The number of nitrogens with one attached hydrogen (secondary N) is 2. The molecule has 1 saturated heterocycles. The van der Waals surface area contributed by atoms with Crippen LogP contribution in [0, 0.1) is 0 Å². The highest BCUT2D eigenvalue weighted by Crippen LogP contribution is 2.30. The van der Waals surface area contributed by atoms with Crippen molar-refractivity contribution in [3.8, 4) is 11.4 Å². The van der Waals surface area contributed by atoms with E-state index in [0.29, 0.717) is 24.8 Å². The Kier molecular flexibility index (Phi) is 4.40. The van der Waals surface area contributed by atoms with Gasteiger partial charge in [0.1, 0.15) is 6.04 Å². The average molecular weight is 378 g/mol. The second-order valence-corrected chi connectivity index (χ2v) is 7.33. The first kappa shape index (κ1) is 17.1. The molecule has 0 radical (unpaired) electrons. The average Bonchev–Trinajstić information content (AvgIpc) is 3.43. The monoisotopic (exact) mass is 378 g/mol. The molecular formula is C20H22N6O2. The van der Waals surface area contributed by atoms with Crippen LogP contribution in [0.25, 0.3) is 11.4 Å². The number of nitrogens with zero attached hydrogens (tertiary/aromatic N) is 4. The van der Waals surface area contributed by atoms with Gasteiger partial charge in [-0.3, -0.25) is 4.79 Å². The molecule has 5 rings (SSSR count). The Bertz CT molecular complexity index is 958. The van der Waals surface area contributed by atoms with E-state index in [0.717, 1.165) is 42.8 Å². The molecule has 1 aromatic carbocycles. The molecule has 0 aliphatic carbocycles. The molecule has 28 heavy (non-hydrogen) atoms. The summed E-state index contributed by atoms with van der Waals surface area (Å²) in [5.74, 6) is 1.57. The molecule has 1 amide bonds. The van der Waals surface area contributed by atoms with Crippen LogP contribution < -0.4 is 5.32 Å². The topological polar surface area (TPSA) is 99.9 Å². The molecule has 2 aliphatic heterocycles. The van der Waals surface area contributed by atoms with Gasteiger partial charge < -0.3 is 19.7 Å². The molecular weight excluding hydrogens is 356 g/mol. The molecule has 1 fully saturated rings. The van der Waals surface area contributed by atoms with Gasteiger partial charge >= 0.3 is 0 Å². The highest BCUT2D eigenvalue weighted by atomic mass is 16.5. The van der Waals surface area contributed by atoms with Crippen molar-refractivity contribution in [2.24, 2.45) is 0 Å². The Morgan fingerprint density at radius 3 is 2.82 bits per heavy atom. The summed E-state index contributed by atoms with van der Waals surface area (Å²) < 4.78 is 5.52. The Morgan fingerprint density at radius 2 is 2.00 bits per heavy atom. The van der Waals surface area contributed by atoms with Crippen molar-refractivity contribution in [3.05, 3.63) is 53.9 Å². The Morgan fingerprint density at radius 1 is 1.18 bits per heavy atom. The molecule has 2 aromatic heterocycles. The predicted octanol–water partition coefficient (Wildman–Crippen LogP) is 2.05. The van der Waals surface area contributed by atoms with E-state index in [1.54, 1.807) is 6.33 Å². The van der Waals surface area contributed by atoms with Crippen LogP contribution in [-0.4, -0.2) is 50.5 Å². The standard InChI is InChI=1S/C20H22N6O2/c27-20(17-16-15(6-9-21-17)22-12-23-16)26-10-7-14(8-11-26)19-24-18(25-28-19)13-4-2-1-3-5-13/h1-5,12,14,17,21H,6-11H2,(H,22,23)/t17-/m1/s1. The highest BCUT2D eigenvalue weighted by molar-refractivity contribution is 5.83. The number of H-pyrrole nitrogens is 1. The third-order valence-corrected chi connectivity index (χ3v) is 5.63. The smallest absolute Gasteiger partial charge is 0.246 e. The largest absolute Gasteiger partial charge is 0.348 e. The molecule has 0 saturated carbocycles. The minimum absolute atomic E-state index is 0.0991. The van der Waals surface area contributed by atoms with E-state index in [1.165, 1.54) is 0 Å². The number of hydrogen-bond donors (Lipinski definition) is 2. The summed E-state index contributed by atoms with van der Waals surface area (Å²) in [6.07, 6.45) is 4.19. The summed E-state index contributed by atoms with van der Waals surface area (Å²) in [4.78, 5) is 27.0. The van der Waals surface area contributed by atoms with E-state index in [1.807, 2.05) is 35.2 Å².